The van der Waals surface area contributed by atoms with Crippen molar-refractivity contribution in [3.8, 4) is 11.3 Å². The number of anilines is 2. The summed E-state index contributed by atoms with van der Waals surface area (Å²) in [6.07, 6.45) is 0.297. The molecular weight excluding hydrogens is 470 g/mol. The van der Waals surface area contributed by atoms with Crippen molar-refractivity contribution in [2.75, 3.05) is 10.6 Å². The fourth-order valence-corrected chi connectivity index (χ4v) is 5.04. The first kappa shape index (κ1) is 25.5. The molecule has 1 heterocycles. The zero-order chi connectivity index (χ0) is 24.7. The van der Waals surface area contributed by atoms with Crippen LogP contribution in [0.5, 0.6) is 0 Å². The minimum absolute atomic E-state index is 0.0928. The molecule has 0 bridgehead atoms. The molecule has 0 aliphatic rings. The second kappa shape index (κ2) is 11.8. The van der Waals surface area contributed by atoms with Crippen molar-refractivity contribution in [3.05, 3.63) is 59.0 Å². The smallest absolute Gasteiger partial charge is 0.303 e. The largest absolute Gasteiger partial charge is 0.481 e. The maximum atomic E-state index is 13.0. The van der Waals surface area contributed by atoms with E-state index in [1.807, 2.05) is 51.1 Å². The average molecular weight is 498 g/mol. The van der Waals surface area contributed by atoms with Crippen LogP contribution in [0.15, 0.2) is 53.4 Å². The first-order chi connectivity index (χ1) is 16.2. The van der Waals surface area contributed by atoms with E-state index >= 15 is 0 Å². The number of aromatic nitrogens is 1. The van der Waals surface area contributed by atoms with Crippen molar-refractivity contribution in [1.29, 1.82) is 0 Å². The molecule has 0 aliphatic heterocycles. The van der Waals surface area contributed by atoms with Gasteiger partial charge in [0, 0.05) is 27.4 Å². The van der Waals surface area contributed by atoms with Gasteiger partial charge in [-0.1, -0.05) is 42.8 Å². The Morgan fingerprint density at radius 1 is 1.06 bits per heavy atom. The summed E-state index contributed by atoms with van der Waals surface area (Å²) in [6, 6.07) is 15.3. The monoisotopic (exact) mass is 497 g/mol. The minimum atomic E-state index is -1.02. The molecule has 0 spiro atoms. The minimum Gasteiger partial charge on any atom is -0.481 e. The predicted molar refractivity (Wildman–Crippen MR) is 138 cm³/mol. The van der Waals surface area contributed by atoms with Crippen LogP contribution in [-0.4, -0.2) is 33.1 Å². The van der Waals surface area contributed by atoms with Crippen molar-refractivity contribution < 1.29 is 19.5 Å². The maximum absolute atomic E-state index is 13.0. The van der Waals surface area contributed by atoms with Crippen LogP contribution < -0.4 is 10.6 Å². The molecule has 1 atom stereocenters. The van der Waals surface area contributed by atoms with Gasteiger partial charge < -0.3 is 15.7 Å². The number of nitrogens with one attached hydrogen (secondary N) is 2. The first-order valence-corrected chi connectivity index (χ1v) is 12.6. The SMILES string of the molecule is CCC(Sc1cccc(NC(=O)CCC(=O)O)c1)C(=O)Nc1nc(-c2ccc(C)cc2)c(C)s1. The van der Waals surface area contributed by atoms with E-state index in [0.29, 0.717) is 17.2 Å². The third-order valence-electron chi connectivity index (χ3n) is 4.98. The molecule has 0 fully saturated rings. The molecule has 0 aliphatic carbocycles. The number of amides is 2. The maximum Gasteiger partial charge on any atom is 0.303 e. The summed E-state index contributed by atoms with van der Waals surface area (Å²) in [6.45, 7) is 5.97. The second-order valence-corrected chi connectivity index (χ2v) is 10.2. The number of rotatable bonds is 10. The second-order valence-electron chi connectivity index (χ2n) is 7.76. The molecule has 0 saturated heterocycles. The number of aryl methyl sites for hydroxylation is 2. The fraction of sp³-hybridized carbons (Fsp3) is 0.280. The number of carbonyl (C=O) groups is 3. The third kappa shape index (κ3) is 7.16. The molecule has 7 nitrogen and oxygen atoms in total. The van der Waals surface area contributed by atoms with Crippen molar-refractivity contribution in [2.45, 2.75) is 50.2 Å². The molecule has 2 aromatic carbocycles. The van der Waals surface area contributed by atoms with Crippen molar-refractivity contribution in [2.24, 2.45) is 0 Å². The topological polar surface area (TPSA) is 108 Å². The molecule has 2 amide bonds. The van der Waals surface area contributed by atoms with Gasteiger partial charge in [-0.05, 0) is 38.5 Å². The Morgan fingerprint density at radius 2 is 1.79 bits per heavy atom. The van der Waals surface area contributed by atoms with Gasteiger partial charge in [0.05, 0.1) is 17.4 Å². The van der Waals surface area contributed by atoms with Crippen LogP contribution in [0.25, 0.3) is 11.3 Å². The van der Waals surface area contributed by atoms with Crippen molar-refractivity contribution in [1.82, 2.24) is 4.98 Å². The Morgan fingerprint density at radius 3 is 2.47 bits per heavy atom. The molecule has 0 radical (unpaired) electrons. The molecule has 34 heavy (non-hydrogen) atoms. The summed E-state index contributed by atoms with van der Waals surface area (Å²) in [4.78, 5) is 42.0. The van der Waals surface area contributed by atoms with E-state index in [1.54, 1.807) is 18.2 Å². The Kier molecular flexibility index (Phi) is 8.84. The Hall–Kier alpha value is -3.17. The normalized spacial score (nSPS) is 11.6. The molecule has 9 heteroatoms. The Balaban J connectivity index is 1.64. The van der Waals surface area contributed by atoms with Gasteiger partial charge in [-0.3, -0.25) is 14.4 Å². The van der Waals surface area contributed by atoms with Gasteiger partial charge >= 0.3 is 5.97 Å². The van der Waals surface area contributed by atoms with Gasteiger partial charge in [0.25, 0.3) is 0 Å². The summed E-state index contributed by atoms with van der Waals surface area (Å²) in [5.41, 5.74) is 3.63. The van der Waals surface area contributed by atoms with E-state index in [4.69, 9.17) is 5.11 Å². The molecule has 178 valence electrons. The number of carboxylic acids is 1. The molecule has 0 saturated carbocycles. The van der Waals surface area contributed by atoms with Gasteiger partial charge in [0.15, 0.2) is 5.13 Å². The lowest BCUT2D eigenvalue weighted by molar-refractivity contribution is -0.138. The zero-order valence-electron chi connectivity index (χ0n) is 19.3. The highest BCUT2D eigenvalue weighted by Gasteiger charge is 2.20. The summed E-state index contributed by atoms with van der Waals surface area (Å²) >= 11 is 2.85. The van der Waals surface area contributed by atoms with E-state index < -0.39 is 5.97 Å². The molecule has 1 aromatic heterocycles. The van der Waals surface area contributed by atoms with Crippen LogP contribution in [0, 0.1) is 13.8 Å². The third-order valence-corrected chi connectivity index (χ3v) is 7.22. The summed E-state index contributed by atoms with van der Waals surface area (Å²) < 4.78 is 0. The van der Waals surface area contributed by atoms with E-state index in [9.17, 15) is 14.4 Å². The zero-order valence-corrected chi connectivity index (χ0v) is 20.9. The molecule has 3 rings (SSSR count). The van der Waals surface area contributed by atoms with E-state index in [0.717, 1.165) is 21.0 Å². The number of thiazole rings is 1. The van der Waals surface area contributed by atoms with Crippen LogP contribution in [0.2, 0.25) is 0 Å². The number of hydrogen-bond acceptors (Lipinski definition) is 6. The molecular formula is C25H27N3O4S2. The highest BCUT2D eigenvalue weighted by Crippen LogP contribution is 2.32. The van der Waals surface area contributed by atoms with Crippen LogP contribution in [0.4, 0.5) is 10.8 Å². The number of thioether (sulfide) groups is 1. The lowest BCUT2D eigenvalue weighted by Crippen LogP contribution is -2.24. The summed E-state index contributed by atoms with van der Waals surface area (Å²) in [7, 11) is 0. The lowest BCUT2D eigenvalue weighted by Gasteiger charge is -2.14. The number of carboxylic acid groups (broad SMARTS) is 1. The Labute approximate surface area is 207 Å². The van der Waals surface area contributed by atoms with Crippen LogP contribution >= 0.6 is 23.1 Å². The number of benzene rings is 2. The molecule has 3 N–H and O–H groups in total. The van der Waals surface area contributed by atoms with Crippen molar-refractivity contribution in [3.63, 3.8) is 0 Å². The van der Waals surface area contributed by atoms with Gasteiger partial charge in [0.2, 0.25) is 11.8 Å². The Bertz CT molecular complexity index is 1180. The van der Waals surface area contributed by atoms with Crippen molar-refractivity contribution >= 4 is 51.7 Å². The van der Waals surface area contributed by atoms with E-state index in [2.05, 4.69) is 15.6 Å². The quantitative estimate of drug-likeness (QED) is 0.308. The molecule has 3 aromatic rings. The fourth-order valence-electron chi connectivity index (χ4n) is 3.19. The van der Waals surface area contributed by atoms with E-state index in [-0.39, 0.29) is 29.9 Å². The van der Waals surface area contributed by atoms with Gasteiger partial charge in [-0.2, -0.15) is 0 Å². The van der Waals surface area contributed by atoms with Gasteiger partial charge in [-0.15, -0.1) is 23.1 Å². The number of nitrogens with zero attached hydrogens (tertiary/aromatic N) is 1. The van der Waals surface area contributed by atoms with Crippen LogP contribution in [0.3, 0.4) is 0 Å². The van der Waals surface area contributed by atoms with Crippen LogP contribution in [0.1, 0.15) is 36.6 Å². The lowest BCUT2D eigenvalue weighted by atomic mass is 10.1. The summed E-state index contributed by atoms with van der Waals surface area (Å²) in [5.74, 6) is -1.51. The average Bonchev–Trinajstić information content (AvgIpc) is 3.16. The first-order valence-electron chi connectivity index (χ1n) is 10.9. The number of aliphatic carboxylic acids is 1. The number of carbonyl (C=O) groups excluding carboxylic acids is 2. The number of hydrogen-bond donors (Lipinski definition) is 3. The standard InChI is InChI=1S/C25H27N3O4S2/c1-4-20(34-19-7-5-6-18(14-19)26-21(29)12-13-22(30)31)24(32)28-25-27-23(16(3)33-25)17-10-8-15(2)9-11-17/h5-11,14,20H,4,12-13H2,1-3H3,(H,26,29)(H,30,31)(H,27,28,32). The predicted octanol–water partition coefficient (Wildman–Crippen LogP) is 5.74. The van der Waals surface area contributed by atoms with Gasteiger partial charge in [-0.25, -0.2) is 4.98 Å². The highest BCUT2D eigenvalue weighted by molar-refractivity contribution is 8.00. The highest BCUT2D eigenvalue weighted by atomic mass is 32.2. The summed E-state index contributed by atoms with van der Waals surface area (Å²) in [5, 5.41) is 14.6. The van der Waals surface area contributed by atoms with Gasteiger partial charge in [0.1, 0.15) is 0 Å². The molecule has 1 unspecified atom stereocenters. The van der Waals surface area contributed by atoms with E-state index in [1.165, 1.54) is 28.7 Å². The van der Waals surface area contributed by atoms with Crippen LogP contribution in [-0.2, 0) is 14.4 Å².